The quantitative estimate of drug-likeness (QED) is 0.908. The van der Waals surface area contributed by atoms with E-state index in [0.29, 0.717) is 11.5 Å². The summed E-state index contributed by atoms with van der Waals surface area (Å²) in [4.78, 5) is 22.4. The maximum Gasteiger partial charge on any atom is 0.254 e. The van der Waals surface area contributed by atoms with Crippen molar-refractivity contribution in [2.24, 2.45) is 0 Å². The van der Waals surface area contributed by atoms with E-state index in [1.807, 2.05) is 64.0 Å². The summed E-state index contributed by atoms with van der Waals surface area (Å²) in [5, 5.41) is 5.99. The Morgan fingerprint density at radius 3 is 2.09 bits per heavy atom. The Hall–Kier alpha value is -2.63. The summed E-state index contributed by atoms with van der Waals surface area (Å²) in [6.07, 6.45) is 3.04. The van der Waals surface area contributed by atoms with Crippen LogP contribution in [0.25, 0.3) is 0 Å². The minimum atomic E-state index is -0.289. The number of anilines is 3. The van der Waals surface area contributed by atoms with Gasteiger partial charge in [0.25, 0.3) is 5.91 Å². The Morgan fingerprint density at radius 2 is 1.61 bits per heavy atom. The molecule has 0 bridgehead atoms. The predicted octanol–water partition coefficient (Wildman–Crippen LogP) is 2.81. The van der Waals surface area contributed by atoms with Crippen molar-refractivity contribution >= 4 is 23.2 Å². The first kappa shape index (κ1) is 16.7. The van der Waals surface area contributed by atoms with Gasteiger partial charge < -0.3 is 15.5 Å². The lowest BCUT2D eigenvalue weighted by molar-refractivity contribution is 0.0919. The van der Waals surface area contributed by atoms with Crippen LogP contribution in [0, 0.1) is 0 Å². The van der Waals surface area contributed by atoms with Crippen molar-refractivity contribution in [2.45, 2.75) is 26.3 Å². The highest BCUT2D eigenvalue weighted by Gasteiger charge is 2.15. The average molecular weight is 313 g/mol. The maximum absolute atomic E-state index is 12.0. The summed E-state index contributed by atoms with van der Waals surface area (Å²) in [6.45, 7) is 5.79. The van der Waals surface area contributed by atoms with E-state index in [4.69, 9.17) is 0 Å². The summed E-state index contributed by atoms with van der Waals surface area (Å²) in [6, 6.07) is 7.93. The molecule has 2 N–H and O–H groups in total. The first-order valence-corrected chi connectivity index (χ1v) is 7.43. The first-order valence-electron chi connectivity index (χ1n) is 7.43. The van der Waals surface area contributed by atoms with E-state index in [0.717, 1.165) is 11.4 Å². The van der Waals surface area contributed by atoms with Crippen LogP contribution in [-0.2, 0) is 0 Å². The minimum Gasteiger partial charge on any atom is -0.378 e. The molecule has 0 saturated heterocycles. The fourth-order valence-corrected chi connectivity index (χ4v) is 1.89. The van der Waals surface area contributed by atoms with Gasteiger partial charge in [-0.2, -0.15) is 0 Å². The summed E-state index contributed by atoms with van der Waals surface area (Å²) >= 11 is 0. The Labute approximate surface area is 137 Å². The fraction of sp³-hybridized carbons (Fsp3) is 0.353. The maximum atomic E-state index is 12.0. The third-order valence-electron chi connectivity index (χ3n) is 3.04. The standard InChI is InChI=1S/C17H23N5O/c1-17(2,3)21-15(23)12-10-18-16(19-11-12)20-13-6-8-14(9-7-13)22(4)5/h6-11H,1-5H3,(H,21,23)(H,18,19,20). The monoisotopic (exact) mass is 313 g/mol. The fourth-order valence-electron chi connectivity index (χ4n) is 1.89. The number of nitrogens with one attached hydrogen (secondary N) is 2. The van der Waals surface area contributed by atoms with Gasteiger partial charge >= 0.3 is 0 Å². The van der Waals surface area contributed by atoms with Crippen molar-refractivity contribution in [3.63, 3.8) is 0 Å². The van der Waals surface area contributed by atoms with Crippen molar-refractivity contribution < 1.29 is 4.79 Å². The van der Waals surface area contributed by atoms with Crippen molar-refractivity contribution in [3.8, 4) is 0 Å². The van der Waals surface area contributed by atoms with Gasteiger partial charge in [0.05, 0.1) is 5.56 Å². The first-order chi connectivity index (χ1) is 10.7. The lowest BCUT2D eigenvalue weighted by Gasteiger charge is -2.20. The zero-order valence-electron chi connectivity index (χ0n) is 14.2. The largest absolute Gasteiger partial charge is 0.378 e. The van der Waals surface area contributed by atoms with Gasteiger partial charge in [0.15, 0.2) is 0 Å². The zero-order chi connectivity index (χ0) is 17.0. The Bertz CT molecular complexity index is 657. The molecule has 0 radical (unpaired) electrons. The van der Waals surface area contributed by atoms with Crippen LogP contribution < -0.4 is 15.5 Å². The van der Waals surface area contributed by atoms with E-state index in [-0.39, 0.29) is 11.4 Å². The molecule has 0 spiro atoms. The van der Waals surface area contributed by atoms with E-state index in [2.05, 4.69) is 20.6 Å². The van der Waals surface area contributed by atoms with Crippen molar-refractivity contribution in [2.75, 3.05) is 24.3 Å². The smallest absolute Gasteiger partial charge is 0.254 e. The number of carbonyl (C=O) groups is 1. The molecule has 0 saturated carbocycles. The zero-order valence-corrected chi connectivity index (χ0v) is 14.2. The lowest BCUT2D eigenvalue weighted by Crippen LogP contribution is -2.40. The van der Waals surface area contributed by atoms with Crippen LogP contribution in [-0.4, -0.2) is 35.5 Å². The second-order valence-electron chi connectivity index (χ2n) is 6.57. The van der Waals surface area contributed by atoms with Gasteiger partial charge in [-0.1, -0.05) is 0 Å². The second kappa shape index (κ2) is 6.64. The van der Waals surface area contributed by atoms with Crippen LogP contribution in [0.5, 0.6) is 0 Å². The molecule has 6 heteroatoms. The van der Waals surface area contributed by atoms with E-state index in [1.165, 1.54) is 12.4 Å². The second-order valence-corrected chi connectivity index (χ2v) is 6.57. The highest BCUT2D eigenvalue weighted by molar-refractivity contribution is 5.94. The van der Waals surface area contributed by atoms with Crippen molar-refractivity contribution in [1.82, 2.24) is 15.3 Å². The molecule has 0 fully saturated rings. The molecule has 0 aliphatic rings. The number of aromatic nitrogens is 2. The van der Waals surface area contributed by atoms with Gasteiger partial charge in [0.1, 0.15) is 0 Å². The van der Waals surface area contributed by atoms with Crippen LogP contribution in [0.15, 0.2) is 36.7 Å². The van der Waals surface area contributed by atoms with E-state index in [1.54, 1.807) is 0 Å². The highest BCUT2D eigenvalue weighted by Crippen LogP contribution is 2.18. The summed E-state index contributed by atoms with van der Waals surface area (Å²) < 4.78 is 0. The molecular weight excluding hydrogens is 290 g/mol. The average Bonchev–Trinajstić information content (AvgIpc) is 2.46. The highest BCUT2D eigenvalue weighted by atomic mass is 16.1. The third-order valence-corrected chi connectivity index (χ3v) is 3.04. The predicted molar refractivity (Wildman–Crippen MR) is 93.3 cm³/mol. The Morgan fingerprint density at radius 1 is 1.04 bits per heavy atom. The Balaban J connectivity index is 2.03. The number of hydrogen-bond acceptors (Lipinski definition) is 5. The van der Waals surface area contributed by atoms with Crippen LogP contribution in [0.3, 0.4) is 0 Å². The molecule has 1 aromatic heterocycles. The molecule has 0 aliphatic heterocycles. The molecule has 1 amide bonds. The molecule has 1 heterocycles. The van der Waals surface area contributed by atoms with E-state index in [9.17, 15) is 4.79 Å². The third kappa shape index (κ3) is 4.95. The summed E-state index contributed by atoms with van der Waals surface area (Å²) in [5.74, 6) is 0.272. The van der Waals surface area contributed by atoms with Gasteiger partial charge in [-0.15, -0.1) is 0 Å². The number of benzene rings is 1. The van der Waals surface area contributed by atoms with Gasteiger partial charge in [0.2, 0.25) is 5.95 Å². The van der Waals surface area contributed by atoms with Crippen molar-refractivity contribution in [1.29, 1.82) is 0 Å². The topological polar surface area (TPSA) is 70.2 Å². The van der Waals surface area contributed by atoms with Crippen LogP contribution in [0.2, 0.25) is 0 Å². The molecule has 0 atom stereocenters. The summed E-state index contributed by atoms with van der Waals surface area (Å²) in [7, 11) is 3.99. The molecule has 2 aromatic rings. The van der Waals surface area contributed by atoms with E-state index >= 15 is 0 Å². The number of carbonyl (C=O) groups excluding carboxylic acids is 1. The molecule has 23 heavy (non-hydrogen) atoms. The normalized spacial score (nSPS) is 11.0. The molecule has 2 rings (SSSR count). The number of amides is 1. The molecule has 0 unspecified atom stereocenters. The van der Waals surface area contributed by atoms with Crippen molar-refractivity contribution in [3.05, 3.63) is 42.2 Å². The molecule has 6 nitrogen and oxygen atoms in total. The SMILES string of the molecule is CN(C)c1ccc(Nc2ncc(C(=O)NC(C)(C)C)cn2)cc1. The number of hydrogen-bond donors (Lipinski definition) is 2. The molecule has 1 aromatic carbocycles. The Kier molecular flexibility index (Phi) is 4.83. The molecular formula is C17H23N5O. The molecule has 0 aliphatic carbocycles. The van der Waals surface area contributed by atoms with Gasteiger partial charge in [-0.25, -0.2) is 9.97 Å². The van der Waals surface area contributed by atoms with Gasteiger partial charge in [-0.05, 0) is 45.0 Å². The minimum absolute atomic E-state index is 0.181. The van der Waals surface area contributed by atoms with Crippen LogP contribution in [0.4, 0.5) is 17.3 Å². The van der Waals surface area contributed by atoms with Crippen LogP contribution >= 0.6 is 0 Å². The van der Waals surface area contributed by atoms with Crippen LogP contribution in [0.1, 0.15) is 31.1 Å². The number of rotatable bonds is 4. The van der Waals surface area contributed by atoms with E-state index < -0.39 is 0 Å². The van der Waals surface area contributed by atoms with Gasteiger partial charge in [-0.3, -0.25) is 4.79 Å². The summed E-state index contributed by atoms with van der Waals surface area (Å²) in [5.41, 5.74) is 2.16. The number of nitrogens with zero attached hydrogens (tertiary/aromatic N) is 3. The molecule has 122 valence electrons. The van der Waals surface area contributed by atoms with Gasteiger partial charge in [0, 0.05) is 43.4 Å². The lowest BCUT2D eigenvalue weighted by atomic mass is 10.1.